The van der Waals surface area contributed by atoms with Gasteiger partial charge < -0.3 is 10.6 Å². The minimum atomic E-state index is -4.13. The first-order chi connectivity index (χ1) is 12.3. The highest BCUT2D eigenvalue weighted by Crippen LogP contribution is 2.23. The second-order valence-corrected chi connectivity index (χ2v) is 10.8. The fourth-order valence-corrected chi connectivity index (χ4v) is 3.90. The van der Waals surface area contributed by atoms with Crippen LogP contribution in [0.5, 0.6) is 0 Å². The molecule has 0 spiro atoms. The fraction of sp³-hybridized carbons (Fsp3) is 0.941. The van der Waals surface area contributed by atoms with Crippen molar-refractivity contribution in [1.29, 1.82) is 0 Å². The maximum Gasteiger partial charge on any atom is 0.401 e. The van der Waals surface area contributed by atoms with Gasteiger partial charge in [0.25, 0.3) is 0 Å². The maximum absolute atomic E-state index is 12.4. The molecule has 0 atom stereocenters. The van der Waals surface area contributed by atoms with Gasteiger partial charge in [-0.25, -0.2) is 8.42 Å². The van der Waals surface area contributed by atoms with E-state index in [1.807, 2.05) is 0 Å². The highest BCUT2D eigenvalue weighted by atomic mass is 127. The molecule has 2 N–H and O–H groups in total. The van der Waals surface area contributed by atoms with Gasteiger partial charge >= 0.3 is 6.18 Å². The summed E-state index contributed by atoms with van der Waals surface area (Å²) in [4.78, 5) is 5.53. The molecule has 1 saturated heterocycles. The molecule has 168 valence electrons. The zero-order valence-electron chi connectivity index (χ0n) is 17.1. The van der Waals surface area contributed by atoms with Gasteiger partial charge in [0, 0.05) is 20.1 Å². The van der Waals surface area contributed by atoms with E-state index in [0.717, 1.165) is 19.3 Å². The number of halogens is 4. The smallest absolute Gasteiger partial charge is 0.356 e. The summed E-state index contributed by atoms with van der Waals surface area (Å²) in [7, 11) is -1.57. The molecule has 1 fully saturated rings. The van der Waals surface area contributed by atoms with Crippen LogP contribution in [-0.4, -0.2) is 75.7 Å². The van der Waals surface area contributed by atoms with E-state index < -0.39 is 27.3 Å². The lowest BCUT2D eigenvalue weighted by atomic mass is 9.93. The van der Waals surface area contributed by atoms with Gasteiger partial charge in [-0.05, 0) is 59.0 Å². The summed E-state index contributed by atoms with van der Waals surface area (Å²) in [6, 6.07) is 0. The molecule has 28 heavy (non-hydrogen) atoms. The van der Waals surface area contributed by atoms with Crippen molar-refractivity contribution in [2.75, 3.05) is 45.5 Å². The normalized spacial score (nSPS) is 17.9. The van der Waals surface area contributed by atoms with E-state index in [1.165, 1.54) is 4.90 Å². The van der Waals surface area contributed by atoms with E-state index >= 15 is 0 Å². The molecule has 0 unspecified atom stereocenters. The quantitative estimate of drug-likeness (QED) is 0.294. The predicted octanol–water partition coefficient (Wildman–Crippen LogP) is 2.65. The molecule has 1 rings (SSSR count). The van der Waals surface area contributed by atoms with Gasteiger partial charge in [0.2, 0.25) is 0 Å². The molecule has 6 nitrogen and oxygen atoms in total. The van der Waals surface area contributed by atoms with Crippen molar-refractivity contribution in [2.24, 2.45) is 10.9 Å². The number of likely N-dealkylation sites (tertiary alicyclic amines) is 1. The SMILES string of the molecule is CN=C(NCCC1CCN(CC(F)(F)F)CC1)NCCS(=O)(=O)C(C)(C)C.I. The Kier molecular flexibility index (Phi) is 11.6. The second kappa shape index (κ2) is 11.8. The zero-order chi connectivity index (χ0) is 20.7. The lowest BCUT2D eigenvalue weighted by molar-refractivity contribution is -0.148. The van der Waals surface area contributed by atoms with Crippen molar-refractivity contribution in [2.45, 2.75) is 51.0 Å². The number of piperidine rings is 1. The molecule has 0 bridgehead atoms. The first-order valence-electron chi connectivity index (χ1n) is 9.30. The molecule has 11 heteroatoms. The molecule has 0 aliphatic carbocycles. The molecular formula is C17H34F3IN4O2S. The highest BCUT2D eigenvalue weighted by molar-refractivity contribution is 14.0. The highest BCUT2D eigenvalue weighted by Gasteiger charge is 2.32. The number of nitrogens with zero attached hydrogens (tertiary/aromatic N) is 2. The van der Waals surface area contributed by atoms with E-state index in [0.29, 0.717) is 31.5 Å². The molecule has 0 aromatic heterocycles. The molecule has 0 aromatic carbocycles. The number of sulfone groups is 1. The van der Waals surface area contributed by atoms with Gasteiger partial charge in [-0.3, -0.25) is 9.89 Å². The summed E-state index contributed by atoms with van der Waals surface area (Å²) in [5.74, 6) is 0.949. The Balaban J connectivity index is 0.00000729. The Bertz CT molecular complexity index is 584. The third-order valence-electron chi connectivity index (χ3n) is 4.77. The average molecular weight is 542 g/mol. The number of hydrogen-bond donors (Lipinski definition) is 2. The van der Waals surface area contributed by atoms with E-state index in [-0.39, 0.29) is 36.3 Å². The van der Waals surface area contributed by atoms with E-state index in [1.54, 1.807) is 27.8 Å². The van der Waals surface area contributed by atoms with Crippen molar-refractivity contribution in [3.8, 4) is 0 Å². The lowest BCUT2D eigenvalue weighted by Crippen LogP contribution is -2.43. The molecule has 0 radical (unpaired) electrons. The number of rotatable bonds is 7. The fourth-order valence-electron chi connectivity index (χ4n) is 2.91. The van der Waals surface area contributed by atoms with Gasteiger partial charge in [-0.15, -0.1) is 24.0 Å². The first kappa shape index (κ1) is 27.7. The minimum Gasteiger partial charge on any atom is -0.356 e. The van der Waals surface area contributed by atoms with Crippen LogP contribution < -0.4 is 10.6 Å². The van der Waals surface area contributed by atoms with E-state index in [9.17, 15) is 21.6 Å². The van der Waals surface area contributed by atoms with Crippen LogP contribution in [0.15, 0.2) is 4.99 Å². The van der Waals surface area contributed by atoms with Crippen LogP contribution in [-0.2, 0) is 9.84 Å². The van der Waals surface area contributed by atoms with E-state index in [4.69, 9.17) is 0 Å². The summed E-state index contributed by atoms with van der Waals surface area (Å²) < 4.78 is 60.6. The Morgan fingerprint density at radius 1 is 1.11 bits per heavy atom. The van der Waals surface area contributed by atoms with Crippen LogP contribution in [0.2, 0.25) is 0 Å². The van der Waals surface area contributed by atoms with Gasteiger partial charge in [0.05, 0.1) is 17.0 Å². The lowest BCUT2D eigenvalue weighted by Gasteiger charge is -2.32. The van der Waals surface area contributed by atoms with Crippen LogP contribution >= 0.6 is 24.0 Å². The Morgan fingerprint density at radius 3 is 2.11 bits per heavy atom. The van der Waals surface area contributed by atoms with Gasteiger partial charge in [-0.1, -0.05) is 0 Å². The Labute approximate surface area is 184 Å². The summed E-state index contributed by atoms with van der Waals surface area (Å²) in [5, 5.41) is 6.14. The van der Waals surface area contributed by atoms with Crippen molar-refractivity contribution in [3.63, 3.8) is 0 Å². The van der Waals surface area contributed by atoms with E-state index in [2.05, 4.69) is 15.6 Å². The molecule has 1 aliphatic rings. The van der Waals surface area contributed by atoms with Crippen molar-refractivity contribution < 1.29 is 21.6 Å². The zero-order valence-corrected chi connectivity index (χ0v) is 20.2. The standard InChI is InChI=1S/C17H33F3N4O2S.HI/c1-16(2,3)27(25,26)12-9-23-15(21-4)22-8-5-14-6-10-24(11-7-14)13-17(18,19)20;/h14H,5-13H2,1-4H3,(H2,21,22,23);1H. The molecule has 1 aliphatic heterocycles. The third-order valence-corrected chi connectivity index (χ3v) is 7.38. The summed E-state index contributed by atoms with van der Waals surface area (Å²) in [5.41, 5.74) is 0. The van der Waals surface area contributed by atoms with Gasteiger partial charge in [0.15, 0.2) is 15.8 Å². The summed E-state index contributed by atoms with van der Waals surface area (Å²) in [6.07, 6.45) is -1.77. The molecule has 0 aromatic rings. The molecule has 0 amide bonds. The van der Waals surface area contributed by atoms with Gasteiger partial charge in [0.1, 0.15) is 0 Å². The van der Waals surface area contributed by atoms with Crippen molar-refractivity contribution in [3.05, 3.63) is 0 Å². The number of guanidine groups is 1. The molecule has 1 heterocycles. The van der Waals surface area contributed by atoms with Crippen LogP contribution in [0.3, 0.4) is 0 Å². The Hall–Kier alpha value is -0.300. The van der Waals surface area contributed by atoms with Crippen molar-refractivity contribution in [1.82, 2.24) is 15.5 Å². The summed E-state index contributed by atoms with van der Waals surface area (Å²) in [6.45, 7) is 6.07. The maximum atomic E-state index is 12.4. The number of hydrogen-bond acceptors (Lipinski definition) is 4. The van der Waals surface area contributed by atoms with Crippen LogP contribution in [0, 0.1) is 5.92 Å². The topological polar surface area (TPSA) is 73.8 Å². The molecule has 0 saturated carbocycles. The Morgan fingerprint density at radius 2 is 1.64 bits per heavy atom. The third kappa shape index (κ3) is 10.5. The molecular weight excluding hydrogens is 508 g/mol. The number of aliphatic imine (C=N–C) groups is 1. The number of alkyl halides is 3. The van der Waals surface area contributed by atoms with Crippen LogP contribution in [0.4, 0.5) is 13.2 Å². The predicted molar refractivity (Wildman–Crippen MR) is 118 cm³/mol. The largest absolute Gasteiger partial charge is 0.401 e. The van der Waals surface area contributed by atoms with Crippen LogP contribution in [0.1, 0.15) is 40.0 Å². The first-order valence-corrected chi connectivity index (χ1v) is 11.0. The number of nitrogens with one attached hydrogen (secondary N) is 2. The van der Waals surface area contributed by atoms with Gasteiger partial charge in [-0.2, -0.15) is 13.2 Å². The monoisotopic (exact) mass is 542 g/mol. The second-order valence-electron chi connectivity index (χ2n) is 7.98. The summed E-state index contributed by atoms with van der Waals surface area (Å²) >= 11 is 0. The van der Waals surface area contributed by atoms with Crippen molar-refractivity contribution >= 4 is 39.8 Å². The minimum absolute atomic E-state index is 0. The average Bonchev–Trinajstić information content (AvgIpc) is 2.52. The van der Waals surface area contributed by atoms with Crippen LogP contribution in [0.25, 0.3) is 0 Å².